The van der Waals surface area contributed by atoms with E-state index < -0.39 is 28.4 Å². The molecule has 1 saturated heterocycles. The van der Waals surface area contributed by atoms with Gasteiger partial charge in [0.2, 0.25) is 0 Å². The molecular weight excluding hydrogens is 453 g/mol. The Kier molecular flexibility index (Phi) is 8.60. The van der Waals surface area contributed by atoms with Crippen LogP contribution in [0.5, 0.6) is 0 Å². The molecule has 0 radical (unpaired) electrons. The van der Waals surface area contributed by atoms with E-state index in [1.54, 1.807) is 0 Å². The Morgan fingerprint density at radius 1 is 0.839 bits per heavy atom. The number of hydrogen-bond acceptors (Lipinski definition) is 6. The minimum atomic E-state index is -3.91. The van der Waals surface area contributed by atoms with E-state index in [1.165, 1.54) is 0 Å². The SMILES string of the molecule is C=C(CC)CC(CC)P1(=O)OP(=O)(C2CCC(CC)C2)OP(=O)(C2CCC(CC)C2)O1. The first-order chi connectivity index (χ1) is 14.6. The molecule has 0 amide bonds. The first kappa shape index (κ1) is 25.9. The summed E-state index contributed by atoms with van der Waals surface area (Å²) in [4.78, 5) is 0. The summed E-state index contributed by atoms with van der Waals surface area (Å²) in [6, 6.07) is 0. The minimum absolute atomic E-state index is 0.349. The lowest BCUT2D eigenvalue weighted by Crippen LogP contribution is -2.23. The molecule has 31 heavy (non-hydrogen) atoms. The highest BCUT2D eigenvalue weighted by molar-refractivity contribution is 7.81. The van der Waals surface area contributed by atoms with Crippen LogP contribution in [0.15, 0.2) is 12.2 Å². The highest BCUT2D eigenvalue weighted by Crippen LogP contribution is 2.87. The fourth-order valence-corrected chi connectivity index (χ4v) is 16.4. The van der Waals surface area contributed by atoms with Crippen molar-refractivity contribution in [1.82, 2.24) is 0 Å². The first-order valence-corrected chi connectivity index (χ1v) is 17.0. The van der Waals surface area contributed by atoms with E-state index in [2.05, 4.69) is 20.4 Å². The molecule has 9 heteroatoms. The molecule has 0 N–H and O–H groups in total. The van der Waals surface area contributed by atoms with Gasteiger partial charge in [0.05, 0.1) is 17.0 Å². The van der Waals surface area contributed by atoms with Crippen LogP contribution in [-0.4, -0.2) is 17.0 Å². The van der Waals surface area contributed by atoms with E-state index in [-0.39, 0.29) is 11.3 Å². The van der Waals surface area contributed by atoms with E-state index in [0.29, 0.717) is 50.4 Å². The molecule has 180 valence electrons. The predicted molar refractivity (Wildman–Crippen MR) is 127 cm³/mol. The molecule has 1 aliphatic heterocycles. The zero-order valence-corrected chi connectivity index (χ0v) is 22.3. The fraction of sp³-hybridized carbons (Fsp3) is 0.909. The standard InChI is InChI=1S/C22H41O6P3/c1-6-17(5)14-20(9-4)29(23)26-30(24,21-12-10-18(7-2)15-21)28-31(25,27-29)22-13-11-19(8-3)16-22/h18-22H,5-16H2,1-4H3. The van der Waals surface area contributed by atoms with Crippen molar-refractivity contribution in [1.29, 1.82) is 0 Å². The van der Waals surface area contributed by atoms with Crippen molar-refractivity contribution in [2.45, 2.75) is 115 Å². The summed E-state index contributed by atoms with van der Waals surface area (Å²) in [7, 11) is -11.6. The van der Waals surface area contributed by atoms with Gasteiger partial charge in [-0.1, -0.05) is 52.7 Å². The van der Waals surface area contributed by atoms with E-state index in [0.717, 1.165) is 37.7 Å². The van der Waals surface area contributed by atoms with Crippen LogP contribution in [0.2, 0.25) is 0 Å². The van der Waals surface area contributed by atoms with Gasteiger partial charge in [0, 0.05) is 0 Å². The Morgan fingerprint density at radius 2 is 1.32 bits per heavy atom. The number of allylic oxidation sites excluding steroid dienone is 1. The molecule has 6 nitrogen and oxygen atoms in total. The van der Waals surface area contributed by atoms with Crippen LogP contribution in [0.25, 0.3) is 0 Å². The number of hydrogen-bond donors (Lipinski definition) is 0. The maximum atomic E-state index is 14.2. The van der Waals surface area contributed by atoms with Gasteiger partial charge in [-0.3, -0.25) is 13.7 Å². The zero-order chi connectivity index (χ0) is 22.9. The van der Waals surface area contributed by atoms with Crippen molar-refractivity contribution in [3.8, 4) is 0 Å². The summed E-state index contributed by atoms with van der Waals surface area (Å²) >= 11 is 0. The summed E-state index contributed by atoms with van der Waals surface area (Å²) in [5.41, 5.74) is -0.266. The molecule has 0 aromatic carbocycles. The van der Waals surface area contributed by atoms with E-state index in [4.69, 9.17) is 12.9 Å². The van der Waals surface area contributed by atoms with Crippen molar-refractivity contribution < 1.29 is 26.6 Å². The average Bonchev–Trinajstić information content (AvgIpc) is 3.40. The highest BCUT2D eigenvalue weighted by Gasteiger charge is 2.61. The van der Waals surface area contributed by atoms with Gasteiger partial charge in [-0.25, -0.2) is 12.9 Å². The van der Waals surface area contributed by atoms with E-state index in [9.17, 15) is 13.7 Å². The molecular formula is C22H41O6P3. The largest absolute Gasteiger partial charge is 0.348 e. The van der Waals surface area contributed by atoms with Crippen molar-refractivity contribution in [3.05, 3.63) is 12.2 Å². The molecule has 2 saturated carbocycles. The van der Waals surface area contributed by atoms with Gasteiger partial charge in [0.25, 0.3) is 0 Å². The Balaban J connectivity index is 1.96. The fourth-order valence-electron chi connectivity index (χ4n) is 5.29. The van der Waals surface area contributed by atoms with Gasteiger partial charge in [0.1, 0.15) is 0 Å². The molecule has 2 aliphatic carbocycles. The maximum Gasteiger partial charge on any atom is 0.348 e. The molecule has 1 heterocycles. The minimum Gasteiger partial charge on any atom is -0.259 e. The Bertz CT molecular complexity index is 748. The Labute approximate surface area is 188 Å². The smallest absolute Gasteiger partial charge is 0.259 e. The third-order valence-electron chi connectivity index (χ3n) is 7.70. The third-order valence-corrected chi connectivity index (χ3v) is 17.3. The van der Waals surface area contributed by atoms with Crippen LogP contribution in [0.4, 0.5) is 0 Å². The van der Waals surface area contributed by atoms with Gasteiger partial charge in [0.15, 0.2) is 0 Å². The highest BCUT2D eigenvalue weighted by atomic mass is 31.3. The second kappa shape index (κ2) is 10.3. The Morgan fingerprint density at radius 3 is 1.68 bits per heavy atom. The topological polar surface area (TPSA) is 78.9 Å². The summed E-state index contributed by atoms with van der Waals surface area (Å²) in [6.45, 7) is 12.2. The third kappa shape index (κ3) is 5.52. The van der Waals surface area contributed by atoms with Crippen molar-refractivity contribution in [2.75, 3.05) is 0 Å². The van der Waals surface area contributed by atoms with Crippen molar-refractivity contribution >= 4 is 22.8 Å². The van der Waals surface area contributed by atoms with Crippen LogP contribution >= 0.6 is 22.8 Å². The van der Waals surface area contributed by atoms with Gasteiger partial charge >= 0.3 is 22.8 Å². The molecule has 0 spiro atoms. The molecule has 7 atom stereocenters. The van der Waals surface area contributed by atoms with Crippen molar-refractivity contribution in [3.63, 3.8) is 0 Å². The van der Waals surface area contributed by atoms with Crippen LogP contribution in [0, 0.1) is 11.8 Å². The summed E-state index contributed by atoms with van der Waals surface area (Å²) in [5.74, 6) is 0.893. The molecule has 3 fully saturated rings. The molecule has 7 unspecified atom stereocenters. The molecule has 0 bridgehead atoms. The normalized spacial score (nSPS) is 44.4. The first-order valence-electron chi connectivity index (χ1n) is 12.2. The maximum absolute atomic E-state index is 14.2. The predicted octanol–water partition coefficient (Wildman–Crippen LogP) is 8.92. The van der Waals surface area contributed by atoms with Gasteiger partial charge in [-0.15, -0.1) is 0 Å². The van der Waals surface area contributed by atoms with Gasteiger partial charge < -0.3 is 0 Å². The monoisotopic (exact) mass is 494 g/mol. The van der Waals surface area contributed by atoms with E-state index in [1.807, 2.05) is 13.8 Å². The van der Waals surface area contributed by atoms with Crippen LogP contribution in [-0.2, 0) is 26.6 Å². The second-order valence-electron chi connectivity index (χ2n) is 9.72. The zero-order valence-electron chi connectivity index (χ0n) is 19.7. The quantitative estimate of drug-likeness (QED) is 0.235. The number of rotatable bonds is 9. The lowest BCUT2D eigenvalue weighted by molar-refractivity contribution is 0.256. The lowest BCUT2D eigenvalue weighted by Gasteiger charge is -2.41. The van der Waals surface area contributed by atoms with Crippen LogP contribution in [0.3, 0.4) is 0 Å². The van der Waals surface area contributed by atoms with Crippen molar-refractivity contribution in [2.24, 2.45) is 11.8 Å². The van der Waals surface area contributed by atoms with Gasteiger partial charge in [-0.05, 0) is 69.6 Å². The second-order valence-corrected chi connectivity index (χ2v) is 17.1. The molecule has 0 aromatic heterocycles. The van der Waals surface area contributed by atoms with E-state index >= 15 is 0 Å². The average molecular weight is 494 g/mol. The summed E-state index contributed by atoms with van der Waals surface area (Å²) in [5, 5.41) is 0. The Hall–Kier alpha value is 0.310. The lowest BCUT2D eigenvalue weighted by atomic mass is 10.1. The molecule has 3 rings (SSSR count). The van der Waals surface area contributed by atoms with Crippen LogP contribution < -0.4 is 0 Å². The van der Waals surface area contributed by atoms with Gasteiger partial charge in [-0.2, -0.15) is 0 Å². The molecule has 3 aliphatic rings. The summed E-state index contributed by atoms with van der Waals surface area (Å²) in [6.07, 6.45) is 8.39. The summed E-state index contributed by atoms with van der Waals surface area (Å²) < 4.78 is 60.1. The molecule has 0 aromatic rings. The van der Waals surface area contributed by atoms with Crippen LogP contribution in [0.1, 0.15) is 98.3 Å².